The monoisotopic (exact) mass is 355 g/mol. The van der Waals surface area contributed by atoms with Crippen LogP contribution in [-0.2, 0) is 10.0 Å². The molecule has 0 radical (unpaired) electrons. The van der Waals surface area contributed by atoms with E-state index in [0.717, 1.165) is 36.1 Å². The summed E-state index contributed by atoms with van der Waals surface area (Å²) in [6, 6.07) is 17.3. The molecule has 1 unspecified atom stereocenters. The first-order chi connectivity index (χ1) is 12.0. The van der Waals surface area contributed by atoms with Crippen molar-refractivity contribution in [2.45, 2.75) is 43.9 Å². The molecule has 1 aliphatic heterocycles. The van der Waals surface area contributed by atoms with Gasteiger partial charge in [0, 0.05) is 18.2 Å². The first-order valence-electron chi connectivity index (χ1n) is 8.87. The van der Waals surface area contributed by atoms with Crippen molar-refractivity contribution in [1.82, 2.24) is 4.31 Å². The zero-order chi connectivity index (χ0) is 17.9. The van der Waals surface area contributed by atoms with Crippen LogP contribution in [0.15, 0.2) is 71.3 Å². The minimum absolute atomic E-state index is 0.119. The predicted molar refractivity (Wildman–Crippen MR) is 102 cm³/mol. The Kier molecular flexibility index (Phi) is 5.28. The normalized spacial score (nSPS) is 17.6. The summed E-state index contributed by atoms with van der Waals surface area (Å²) >= 11 is 0. The van der Waals surface area contributed by atoms with Gasteiger partial charge in [0.25, 0.3) is 10.0 Å². The standard InChI is InChI=1S/C21H25NO2S/c1-3-4-10-20-15-19(18-8-6-5-7-9-18)16-22(20)25(23,24)21-13-11-17(2)12-14-21/h5-9,11-15,19H,3-4,10,16H2,1-2H3. The minimum atomic E-state index is -3.51. The van der Waals surface area contributed by atoms with Crippen LogP contribution in [0.25, 0.3) is 0 Å². The zero-order valence-corrected chi connectivity index (χ0v) is 15.7. The number of nitrogens with zero attached hydrogens (tertiary/aromatic N) is 1. The zero-order valence-electron chi connectivity index (χ0n) is 14.9. The summed E-state index contributed by atoms with van der Waals surface area (Å²) in [5.74, 6) is 0.119. The fourth-order valence-electron chi connectivity index (χ4n) is 3.22. The number of rotatable bonds is 6. The lowest BCUT2D eigenvalue weighted by Gasteiger charge is -2.23. The molecule has 4 heteroatoms. The Morgan fingerprint density at radius 3 is 2.36 bits per heavy atom. The van der Waals surface area contributed by atoms with Crippen molar-refractivity contribution < 1.29 is 8.42 Å². The van der Waals surface area contributed by atoms with Gasteiger partial charge in [0.15, 0.2) is 0 Å². The molecule has 132 valence electrons. The molecule has 25 heavy (non-hydrogen) atoms. The van der Waals surface area contributed by atoms with E-state index in [0.29, 0.717) is 11.4 Å². The van der Waals surface area contributed by atoms with Crippen LogP contribution < -0.4 is 0 Å². The molecule has 1 heterocycles. The van der Waals surface area contributed by atoms with Crippen LogP contribution >= 0.6 is 0 Å². The molecule has 0 aliphatic carbocycles. The number of aryl methyl sites for hydroxylation is 1. The van der Waals surface area contributed by atoms with Gasteiger partial charge >= 0.3 is 0 Å². The number of hydrogen-bond donors (Lipinski definition) is 0. The average molecular weight is 356 g/mol. The average Bonchev–Trinajstić information content (AvgIpc) is 3.06. The molecule has 0 N–H and O–H groups in total. The molecular formula is C21H25NO2S. The number of sulfonamides is 1. The Labute approximate surface area is 151 Å². The van der Waals surface area contributed by atoms with E-state index in [1.165, 1.54) is 0 Å². The van der Waals surface area contributed by atoms with Crippen LogP contribution in [0.4, 0.5) is 0 Å². The summed E-state index contributed by atoms with van der Waals surface area (Å²) in [5, 5.41) is 0. The van der Waals surface area contributed by atoms with Gasteiger partial charge in [-0.15, -0.1) is 0 Å². The highest BCUT2D eigenvalue weighted by atomic mass is 32.2. The van der Waals surface area contributed by atoms with Crippen molar-refractivity contribution in [3.05, 3.63) is 77.5 Å². The Balaban J connectivity index is 1.93. The summed E-state index contributed by atoms with van der Waals surface area (Å²) in [5.41, 5.74) is 3.15. The molecule has 0 saturated heterocycles. The summed E-state index contributed by atoms with van der Waals surface area (Å²) in [4.78, 5) is 0.370. The third-order valence-corrected chi connectivity index (χ3v) is 6.53. The van der Waals surface area contributed by atoms with E-state index in [9.17, 15) is 8.42 Å². The van der Waals surface area contributed by atoms with E-state index in [-0.39, 0.29) is 5.92 Å². The van der Waals surface area contributed by atoms with Crippen LogP contribution in [0.5, 0.6) is 0 Å². The third kappa shape index (κ3) is 3.79. The van der Waals surface area contributed by atoms with E-state index in [4.69, 9.17) is 0 Å². The maximum Gasteiger partial charge on any atom is 0.264 e. The van der Waals surface area contributed by atoms with Crippen LogP contribution in [0.3, 0.4) is 0 Å². The molecule has 0 saturated carbocycles. The van der Waals surface area contributed by atoms with Gasteiger partial charge in [0.1, 0.15) is 0 Å². The van der Waals surface area contributed by atoms with E-state index in [2.05, 4.69) is 25.1 Å². The van der Waals surface area contributed by atoms with E-state index < -0.39 is 10.0 Å². The molecule has 0 spiro atoms. The van der Waals surface area contributed by atoms with Crippen LogP contribution in [0.2, 0.25) is 0 Å². The quantitative estimate of drug-likeness (QED) is 0.742. The highest BCUT2D eigenvalue weighted by molar-refractivity contribution is 7.89. The lowest BCUT2D eigenvalue weighted by atomic mass is 10.0. The van der Waals surface area contributed by atoms with Crippen molar-refractivity contribution in [2.24, 2.45) is 0 Å². The molecule has 0 aromatic heterocycles. The summed E-state index contributed by atoms with van der Waals surface area (Å²) in [6.45, 7) is 4.58. The Bertz CT molecular complexity index is 839. The highest BCUT2D eigenvalue weighted by Crippen LogP contribution is 2.35. The van der Waals surface area contributed by atoms with Crippen molar-refractivity contribution in [1.29, 1.82) is 0 Å². The SMILES string of the molecule is CCCCC1=CC(c2ccccc2)CN1S(=O)(=O)c1ccc(C)cc1. The van der Waals surface area contributed by atoms with Gasteiger partial charge < -0.3 is 0 Å². The van der Waals surface area contributed by atoms with Gasteiger partial charge in [-0.25, -0.2) is 8.42 Å². The van der Waals surface area contributed by atoms with Crippen molar-refractivity contribution >= 4 is 10.0 Å². The van der Waals surface area contributed by atoms with Crippen LogP contribution in [-0.4, -0.2) is 19.3 Å². The van der Waals surface area contributed by atoms with Gasteiger partial charge in [-0.1, -0.05) is 67.4 Å². The lowest BCUT2D eigenvalue weighted by Crippen LogP contribution is -2.29. The fraction of sp³-hybridized carbons (Fsp3) is 0.333. The van der Waals surface area contributed by atoms with Crippen molar-refractivity contribution in [3.8, 4) is 0 Å². The summed E-state index contributed by atoms with van der Waals surface area (Å²) < 4.78 is 28.0. The molecule has 0 amide bonds. The maximum atomic E-state index is 13.2. The largest absolute Gasteiger partial charge is 0.270 e. The summed E-state index contributed by atoms with van der Waals surface area (Å²) in [7, 11) is -3.51. The maximum absolute atomic E-state index is 13.2. The molecule has 0 fully saturated rings. The number of benzene rings is 2. The van der Waals surface area contributed by atoms with E-state index >= 15 is 0 Å². The van der Waals surface area contributed by atoms with E-state index in [1.807, 2.05) is 37.3 Å². The molecule has 2 aromatic carbocycles. The number of allylic oxidation sites excluding steroid dienone is 1. The van der Waals surface area contributed by atoms with E-state index in [1.54, 1.807) is 16.4 Å². The van der Waals surface area contributed by atoms with Gasteiger partial charge in [-0.2, -0.15) is 0 Å². The second kappa shape index (κ2) is 7.44. The number of unbranched alkanes of at least 4 members (excludes halogenated alkanes) is 1. The molecule has 2 aromatic rings. The Morgan fingerprint density at radius 1 is 1.04 bits per heavy atom. The summed E-state index contributed by atoms with van der Waals surface area (Å²) in [6.07, 6.45) is 4.97. The third-order valence-electron chi connectivity index (χ3n) is 4.70. The first-order valence-corrected chi connectivity index (χ1v) is 10.3. The van der Waals surface area contributed by atoms with Gasteiger partial charge in [-0.05, 0) is 37.5 Å². The second-order valence-electron chi connectivity index (χ2n) is 6.63. The van der Waals surface area contributed by atoms with Gasteiger partial charge in [0.2, 0.25) is 0 Å². The molecule has 1 aliphatic rings. The van der Waals surface area contributed by atoms with Crippen LogP contribution in [0.1, 0.15) is 43.2 Å². The molecule has 1 atom stereocenters. The van der Waals surface area contributed by atoms with Crippen molar-refractivity contribution in [3.63, 3.8) is 0 Å². The molecule has 0 bridgehead atoms. The molecule has 3 rings (SSSR count). The predicted octanol–water partition coefficient (Wildman–Crippen LogP) is 4.86. The van der Waals surface area contributed by atoms with Gasteiger partial charge in [0.05, 0.1) is 4.90 Å². The second-order valence-corrected chi connectivity index (χ2v) is 8.49. The Morgan fingerprint density at radius 2 is 1.72 bits per heavy atom. The first kappa shape index (κ1) is 17.7. The highest BCUT2D eigenvalue weighted by Gasteiger charge is 2.33. The lowest BCUT2D eigenvalue weighted by molar-refractivity contribution is 0.476. The number of hydrogen-bond acceptors (Lipinski definition) is 2. The smallest absolute Gasteiger partial charge is 0.264 e. The fourth-order valence-corrected chi connectivity index (χ4v) is 4.77. The topological polar surface area (TPSA) is 37.4 Å². The van der Waals surface area contributed by atoms with Gasteiger partial charge in [-0.3, -0.25) is 4.31 Å². The molecule has 3 nitrogen and oxygen atoms in total. The molecular weight excluding hydrogens is 330 g/mol. The Hall–Kier alpha value is -2.07. The van der Waals surface area contributed by atoms with Crippen molar-refractivity contribution in [2.75, 3.05) is 6.54 Å². The van der Waals surface area contributed by atoms with Crippen LogP contribution in [0, 0.1) is 6.92 Å². The minimum Gasteiger partial charge on any atom is -0.270 e.